The standard InChI is InChI=1S/C23H26F3N3/c1-4-16-9-17(12-27-16)29-14(3)18-10-21(25)19(11-20(18)24)22-8-15(7-13(2)28-22)23(26)5-6-23/h7-8,10-12,14,16,27,29H,4-6,9H2,1-3H3/t14?,16-/m0/s1. The lowest BCUT2D eigenvalue weighted by Gasteiger charge is -2.19. The summed E-state index contributed by atoms with van der Waals surface area (Å²) in [4.78, 5) is 4.32. The average molecular weight is 401 g/mol. The van der Waals surface area contributed by atoms with E-state index in [1.165, 1.54) is 12.1 Å². The van der Waals surface area contributed by atoms with Crippen molar-refractivity contribution in [2.45, 2.75) is 64.2 Å². The van der Waals surface area contributed by atoms with Crippen LogP contribution in [0.3, 0.4) is 0 Å². The molecular weight excluding hydrogens is 375 g/mol. The van der Waals surface area contributed by atoms with Crippen LogP contribution in [0.25, 0.3) is 11.3 Å². The van der Waals surface area contributed by atoms with Crippen LogP contribution in [0, 0.1) is 18.6 Å². The number of pyridine rings is 1. The number of halogens is 3. The summed E-state index contributed by atoms with van der Waals surface area (Å²) in [6, 6.07) is 5.60. The number of aromatic nitrogens is 1. The zero-order valence-corrected chi connectivity index (χ0v) is 17.0. The lowest BCUT2D eigenvalue weighted by atomic mass is 10.00. The fourth-order valence-electron chi connectivity index (χ4n) is 3.87. The second kappa shape index (κ2) is 7.39. The molecule has 4 rings (SSSR count). The predicted molar refractivity (Wildman–Crippen MR) is 108 cm³/mol. The van der Waals surface area contributed by atoms with Crippen LogP contribution in [-0.2, 0) is 5.67 Å². The molecule has 2 aliphatic rings. The van der Waals surface area contributed by atoms with E-state index in [1.54, 1.807) is 26.0 Å². The first-order valence-electron chi connectivity index (χ1n) is 10.2. The molecule has 154 valence electrons. The third-order valence-electron chi connectivity index (χ3n) is 5.84. The number of aryl methyl sites for hydroxylation is 1. The summed E-state index contributed by atoms with van der Waals surface area (Å²) in [6.07, 6.45) is 4.65. The Hall–Kier alpha value is -2.50. The first-order valence-corrected chi connectivity index (χ1v) is 10.2. The van der Waals surface area contributed by atoms with Crippen molar-refractivity contribution in [3.8, 4) is 11.3 Å². The van der Waals surface area contributed by atoms with Gasteiger partial charge in [-0.1, -0.05) is 6.92 Å². The van der Waals surface area contributed by atoms with Crippen LogP contribution >= 0.6 is 0 Å². The van der Waals surface area contributed by atoms with Gasteiger partial charge in [-0.15, -0.1) is 0 Å². The van der Waals surface area contributed by atoms with E-state index in [9.17, 15) is 13.2 Å². The van der Waals surface area contributed by atoms with Crippen molar-refractivity contribution in [1.82, 2.24) is 15.6 Å². The minimum atomic E-state index is -1.35. The minimum Gasteiger partial charge on any atom is -0.386 e. The molecule has 2 N–H and O–H groups in total. The van der Waals surface area contributed by atoms with Crippen LogP contribution in [0.2, 0.25) is 0 Å². The maximum Gasteiger partial charge on any atom is 0.136 e. The van der Waals surface area contributed by atoms with Crippen LogP contribution in [0.4, 0.5) is 13.2 Å². The molecule has 3 nitrogen and oxygen atoms in total. The zero-order valence-electron chi connectivity index (χ0n) is 17.0. The van der Waals surface area contributed by atoms with Gasteiger partial charge in [0.25, 0.3) is 0 Å². The van der Waals surface area contributed by atoms with E-state index < -0.39 is 17.3 Å². The smallest absolute Gasteiger partial charge is 0.136 e. The van der Waals surface area contributed by atoms with Gasteiger partial charge in [0.1, 0.15) is 17.3 Å². The fourth-order valence-corrected chi connectivity index (χ4v) is 3.87. The van der Waals surface area contributed by atoms with Crippen LogP contribution in [0.1, 0.15) is 62.4 Å². The molecule has 29 heavy (non-hydrogen) atoms. The predicted octanol–water partition coefficient (Wildman–Crippen LogP) is 5.56. The molecule has 1 aliphatic heterocycles. The quantitative estimate of drug-likeness (QED) is 0.666. The van der Waals surface area contributed by atoms with Crippen LogP contribution < -0.4 is 10.6 Å². The van der Waals surface area contributed by atoms with Gasteiger partial charge in [-0.05, 0) is 62.9 Å². The molecule has 0 radical (unpaired) electrons. The molecule has 2 atom stereocenters. The van der Waals surface area contributed by atoms with Crippen molar-refractivity contribution >= 4 is 0 Å². The molecule has 0 amide bonds. The summed E-state index contributed by atoms with van der Waals surface area (Å²) in [5.41, 5.74) is 1.29. The molecule has 1 aliphatic carbocycles. The number of rotatable bonds is 6. The molecule has 6 heteroatoms. The van der Waals surface area contributed by atoms with Gasteiger partial charge in [0.05, 0.1) is 11.7 Å². The van der Waals surface area contributed by atoms with Crippen LogP contribution in [-0.4, -0.2) is 11.0 Å². The third kappa shape index (κ3) is 3.98. The Morgan fingerprint density at radius 3 is 2.62 bits per heavy atom. The largest absolute Gasteiger partial charge is 0.386 e. The van der Waals surface area contributed by atoms with E-state index in [0.29, 0.717) is 30.1 Å². The van der Waals surface area contributed by atoms with Crippen LogP contribution in [0.15, 0.2) is 36.2 Å². The highest BCUT2D eigenvalue weighted by Gasteiger charge is 2.45. The fraction of sp³-hybridized carbons (Fsp3) is 0.435. The first kappa shape index (κ1) is 19.8. The van der Waals surface area contributed by atoms with Gasteiger partial charge < -0.3 is 10.6 Å². The van der Waals surface area contributed by atoms with Crippen molar-refractivity contribution in [3.05, 3.63) is 64.6 Å². The number of nitrogens with zero attached hydrogens (tertiary/aromatic N) is 1. The Balaban J connectivity index is 1.60. The highest BCUT2D eigenvalue weighted by Crippen LogP contribution is 2.50. The van der Waals surface area contributed by atoms with Gasteiger partial charge >= 0.3 is 0 Å². The normalized spacial score (nSPS) is 20.8. The Kier molecular flexibility index (Phi) is 5.05. The van der Waals surface area contributed by atoms with E-state index >= 15 is 0 Å². The summed E-state index contributed by atoms with van der Waals surface area (Å²) >= 11 is 0. The summed E-state index contributed by atoms with van der Waals surface area (Å²) < 4.78 is 44.3. The maximum absolute atomic E-state index is 14.9. The first-order chi connectivity index (χ1) is 13.8. The molecular formula is C23H26F3N3. The number of hydrogen-bond donors (Lipinski definition) is 2. The summed E-state index contributed by atoms with van der Waals surface area (Å²) in [5, 5.41) is 6.53. The molecule has 0 spiro atoms. The maximum atomic E-state index is 14.9. The summed E-state index contributed by atoms with van der Waals surface area (Å²) in [6.45, 7) is 5.64. The van der Waals surface area contributed by atoms with Crippen molar-refractivity contribution in [3.63, 3.8) is 0 Å². The van der Waals surface area contributed by atoms with Gasteiger partial charge in [0.2, 0.25) is 0 Å². The molecule has 0 saturated heterocycles. The van der Waals surface area contributed by atoms with Gasteiger partial charge in [0.15, 0.2) is 0 Å². The Morgan fingerprint density at radius 2 is 1.97 bits per heavy atom. The van der Waals surface area contributed by atoms with E-state index in [1.807, 2.05) is 6.20 Å². The Morgan fingerprint density at radius 1 is 1.21 bits per heavy atom. The molecule has 0 bridgehead atoms. The zero-order chi connectivity index (χ0) is 20.8. The van der Waals surface area contributed by atoms with E-state index in [2.05, 4.69) is 22.5 Å². The molecule has 2 heterocycles. The average Bonchev–Trinajstić information content (AvgIpc) is 3.28. The van der Waals surface area contributed by atoms with Crippen LogP contribution in [0.5, 0.6) is 0 Å². The van der Waals surface area contributed by atoms with Crippen molar-refractivity contribution in [1.29, 1.82) is 0 Å². The van der Waals surface area contributed by atoms with Crippen molar-refractivity contribution < 1.29 is 13.2 Å². The summed E-state index contributed by atoms with van der Waals surface area (Å²) in [7, 11) is 0. The molecule has 1 aromatic carbocycles. The van der Waals surface area contributed by atoms with Gasteiger partial charge in [0, 0.05) is 41.2 Å². The summed E-state index contributed by atoms with van der Waals surface area (Å²) in [5.74, 6) is -1.07. The number of nitrogens with one attached hydrogen (secondary N) is 2. The topological polar surface area (TPSA) is 37.0 Å². The van der Waals surface area contributed by atoms with E-state index in [0.717, 1.165) is 18.5 Å². The third-order valence-corrected chi connectivity index (χ3v) is 5.84. The lowest BCUT2D eigenvalue weighted by molar-refractivity contribution is 0.317. The van der Waals surface area contributed by atoms with Gasteiger partial charge in [-0.2, -0.15) is 0 Å². The molecule has 1 unspecified atom stereocenters. The number of benzene rings is 1. The number of alkyl halides is 1. The second-order valence-corrected chi connectivity index (χ2v) is 8.21. The van der Waals surface area contributed by atoms with E-state index in [-0.39, 0.29) is 22.9 Å². The van der Waals surface area contributed by atoms with Gasteiger partial charge in [-0.25, -0.2) is 13.2 Å². The highest BCUT2D eigenvalue weighted by molar-refractivity contribution is 5.62. The molecule has 2 aromatic rings. The van der Waals surface area contributed by atoms with Crippen molar-refractivity contribution in [2.24, 2.45) is 0 Å². The van der Waals surface area contributed by atoms with E-state index in [4.69, 9.17) is 0 Å². The van der Waals surface area contributed by atoms with Crippen molar-refractivity contribution in [2.75, 3.05) is 0 Å². The molecule has 1 fully saturated rings. The van der Waals surface area contributed by atoms with Gasteiger partial charge in [-0.3, -0.25) is 4.98 Å². The highest BCUT2D eigenvalue weighted by atomic mass is 19.1. The SMILES string of the molecule is CC[C@H]1CC(NC(C)c2cc(F)c(-c3cc(C4(F)CC4)cc(C)n3)cc2F)=CN1. The molecule has 1 saturated carbocycles. The minimum absolute atomic E-state index is 0.0560. The molecule has 1 aromatic heterocycles. The second-order valence-electron chi connectivity index (χ2n) is 8.21. The Bertz CT molecular complexity index is 966. The number of hydrogen-bond acceptors (Lipinski definition) is 3. The lowest BCUT2D eigenvalue weighted by Crippen LogP contribution is -2.20. The Labute approximate surface area is 169 Å². The monoisotopic (exact) mass is 401 g/mol.